The number of ether oxygens (including phenoxy) is 3. The molecule has 0 saturated heterocycles. The van der Waals surface area contributed by atoms with E-state index in [9.17, 15) is 9.59 Å². The van der Waals surface area contributed by atoms with Gasteiger partial charge in [0.05, 0.1) is 17.9 Å². The van der Waals surface area contributed by atoms with Crippen LogP contribution in [0.15, 0.2) is 53.1 Å². The predicted molar refractivity (Wildman–Crippen MR) is 109 cm³/mol. The van der Waals surface area contributed by atoms with Gasteiger partial charge in [-0.2, -0.15) is 0 Å². The molecule has 0 radical (unpaired) electrons. The quantitative estimate of drug-likeness (QED) is 0.384. The van der Waals surface area contributed by atoms with Crippen LogP contribution in [0.5, 0.6) is 11.5 Å². The van der Waals surface area contributed by atoms with Crippen LogP contribution in [0.1, 0.15) is 44.7 Å². The molecule has 2 aromatic carbocycles. The van der Waals surface area contributed by atoms with Gasteiger partial charge in [-0.15, -0.1) is 0 Å². The first kappa shape index (κ1) is 21.1. The van der Waals surface area contributed by atoms with Gasteiger partial charge in [-0.25, -0.2) is 4.79 Å². The highest BCUT2D eigenvalue weighted by molar-refractivity contribution is 6.00. The summed E-state index contributed by atoms with van der Waals surface area (Å²) >= 11 is 0. The second kappa shape index (κ2) is 9.73. The Hall–Kier alpha value is -3.61. The van der Waals surface area contributed by atoms with E-state index in [2.05, 4.69) is 5.16 Å². The van der Waals surface area contributed by atoms with Gasteiger partial charge < -0.3 is 18.7 Å². The summed E-state index contributed by atoms with van der Waals surface area (Å²) in [5.41, 5.74) is 2.23. The number of para-hydroxylation sites is 1. The molecule has 0 aliphatic rings. The van der Waals surface area contributed by atoms with Crippen molar-refractivity contribution < 1.29 is 28.3 Å². The normalized spacial score (nSPS) is 10.5. The van der Waals surface area contributed by atoms with Crippen molar-refractivity contribution in [2.75, 3.05) is 13.2 Å². The molecule has 0 saturated carbocycles. The molecule has 0 unspecified atom stereocenters. The molecule has 0 aliphatic carbocycles. The Labute approximate surface area is 174 Å². The highest BCUT2D eigenvalue weighted by Gasteiger charge is 2.17. The largest absolute Gasteiger partial charge is 0.494 e. The van der Waals surface area contributed by atoms with Crippen LogP contribution in [0.2, 0.25) is 0 Å². The number of hydrogen-bond acceptors (Lipinski definition) is 7. The first-order valence-electron chi connectivity index (χ1n) is 9.56. The molecule has 0 amide bonds. The molecule has 0 aliphatic heterocycles. The van der Waals surface area contributed by atoms with Crippen LogP contribution in [0.4, 0.5) is 0 Å². The van der Waals surface area contributed by atoms with Crippen LogP contribution < -0.4 is 9.47 Å². The number of ketones is 1. The number of hydrogen-bond donors (Lipinski definition) is 0. The third-order valence-electron chi connectivity index (χ3n) is 4.48. The highest BCUT2D eigenvalue weighted by Crippen LogP contribution is 2.22. The van der Waals surface area contributed by atoms with Gasteiger partial charge in [-0.05, 0) is 57.2 Å². The molecule has 30 heavy (non-hydrogen) atoms. The van der Waals surface area contributed by atoms with Crippen molar-refractivity contribution in [3.63, 3.8) is 0 Å². The number of rotatable bonds is 9. The zero-order valence-corrected chi connectivity index (χ0v) is 17.1. The summed E-state index contributed by atoms with van der Waals surface area (Å²) in [6, 6.07) is 13.4. The van der Waals surface area contributed by atoms with Gasteiger partial charge in [0.15, 0.2) is 12.4 Å². The van der Waals surface area contributed by atoms with Gasteiger partial charge in [0, 0.05) is 5.56 Å². The molecule has 0 bridgehead atoms. The van der Waals surface area contributed by atoms with Crippen LogP contribution >= 0.6 is 0 Å². The average Bonchev–Trinajstić information content (AvgIpc) is 3.08. The maximum atomic E-state index is 12.5. The maximum absolute atomic E-state index is 12.5. The lowest BCUT2D eigenvalue weighted by Crippen LogP contribution is -2.15. The first-order chi connectivity index (χ1) is 14.5. The topological polar surface area (TPSA) is 87.9 Å². The molecule has 0 spiro atoms. The standard InChI is InChI=1S/C23H23NO6/c1-4-27-18-11-9-17(10-12-18)21(25)14-29-23(26)19-7-5-6-8-22(19)28-13-20-15(2)24-30-16(20)3/h5-12H,4,13-14H2,1-3H3. The molecule has 3 rings (SSSR count). The van der Waals surface area contributed by atoms with Crippen molar-refractivity contribution in [1.29, 1.82) is 0 Å². The minimum Gasteiger partial charge on any atom is -0.494 e. The lowest BCUT2D eigenvalue weighted by Gasteiger charge is -2.11. The summed E-state index contributed by atoms with van der Waals surface area (Å²) in [6.07, 6.45) is 0. The molecular formula is C23H23NO6. The zero-order chi connectivity index (χ0) is 21.5. The smallest absolute Gasteiger partial charge is 0.342 e. The maximum Gasteiger partial charge on any atom is 0.342 e. The Kier molecular flexibility index (Phi) is 6.85. The molecule has 1 aromatic heterocycles. The summed E-state index contributed by atoms with van der Waals surface area (Å²) < 4.78 is 21.5. The van der Waals surface area contributed by atoms with Crippen LogP contribution in [-0.4, -0.2) is 30.1 Å². The Morgan fingerprint density at radius 1 is 1.00 bits per heavy atom. The molecule has 7 heteroatoms. The van der Waals surface area contributed by atoms with E-state index in [1.165, 1.54) is 0 Å². The van der Waals surface area contributed by atoms with E-state index in [-0.39, 0.29) is 24.6 Å². The van der Waals surface area contributed by atoms with Gasteiger partial charge in [-0.1, -0.05) is 17.3 Å². The van der Waals surface area contributed by atoms with E-state index in [0.717, 1.165) is 11.3 Å². The summed E-state index contributed by atoms with van der Waals surface area (Å²) in [7, 11) is 0. The predicted octanol–water partition coefficient (Wildman–Crippen LogP) is 4.31. The van der Waals surface area contributed by atoms with E-state index < -0.39 is 5.97 Å². The van der Waals surface area contributed by atoms with Crippen molar-refractivity contribution in [3.05, 3.63) is 76.7 Å². The Bertz CT molecular complexity index is 1000. The Morgan fingerprint density at radius 3 is 2.40 bits per heavy atom. The van der Waals surface area contributed by atoms with E-state index in [1.54, 1.807) is 55.5 Å². The zero-order valence-electron chi connectivity index (χ0n) is 17.1. The SMILES string of the molecule is CCOc1ccc(C(=O)COC(=O)c2ccccc2OCc2c(C)noc2C)cc1. The third kappa shape index (κ3) is 5.05. The fourth-order valence-electron chi connectivity index (χ4n) is 2.81. The van der Waals surface area contributed by atoms with Gasteiger partial charge in [0.25, 0.3) is 0 Å². The number of carbonyl (C=O) groups is 2. The van der Waals surface area contributed by atoms with Crippen molar-refractivity contribution in [2.24, 2.45) is 0 Å². The van der Waals surface area contributed by atoms with E-state index >= 15 is 0 Å². The number of nitrogens with zero attached hydrogens (tertiary/aromatic N) is 1. The molecule has 0 atom stereocenters. The molecule has 156 valence electrons. The number of benzene rings is 2. The number of aromatic nitrogens is 1. The van der Waals surface area contributed by atoms with Gasteiger partial charge >= 0.3 is 5.97 Å². The first-order valence-corrected chi connectivity index (χ1v) is 9.56. The van der Waals surface area contributed by atoms with Gasteiger partial charge in [0.2, 0.25) is 0 Å². The molecule has 1 heterocycles. The van der Waals surface area contributed by atoms with Gasteiger partial charge in [0.1, 0.15) is 29.4 Å². The second-order valence-corrected chi connectivity index (χ2v) is 6.54. The van der Waals surface area contributed by atoms with Crippen molar-refractivity contribution in [3.8, 4) is 11.5 Å². The van der Waals surface area contributed by atoms with Crippen LogP contribution in [0, 0.1) is 13.8 Å². The summed E-state index contributed by atoms with van der Waals surface area (Å²) in [5.74, 6) is 0.754. The summed E-state index contributed by atoms with van der Waals surface area (Å²) in [5, 5.41) is 3.89. The fourth-order valence-corrected chi connectivity index (χ4v) is 2.81. The molecule has 0 fully saturated rings. The van der Waals surface area contributed by atoms with Crippen molar-refractivity contribution >= 4 is 11.8 Å². The number of aryl methyl sites for hydroxylation is 2. The molecular weight excluding hydrogens is 386 g/mol. The lowest BCUT2D eigenvalue weighted by molar-refractivity contribution is 0.0470. The highest BCUT2D eigenvalue weighted by atomic mass is 16.5. The Balaban J connectivity index is 1.62. The fraction of sp³-hybridized carbons (Fsp3) is 0.261. The van der Waals surface area contributed by atoms with E-state index in [0.29, 0.717) is 29.4 Å². The lowest BCUT2D eigenvalue weighted by atomic mass is 10.1. The Morgan fingerprint density at radius 2 is 1.73 bits per heavy atom. The number of esters is 1. The van der Waals surface area contributed by atoms with Crippen LogP contribution in [0.25, 0.3) is 0 Å². The number of carbonyl (C=O) groups excluding carboxylic acids is 2. The molecule has 0 N–H and O–H groups in total. The minimum atomic E-state index is -0.636. The van der Waals surface area contributed by atoms with Crippen molar-refractivity contribution in [1.82, 2.24) is 5.16 Å². The molecule has 3 aromatic rings. The summed E-state index contributed by atoms with van der Waals surface area (Å²) in [4.78, 5) is 24.9. The minimum absolute atomic E-state index is 0.205. The van der Waals surface area contributed by atoms with Crippen LogP contribution in [-0.2, 0) is 11.3 Å². The van der Waals surface area contributed by atoms with Crippen molar-refractivity contribution in [2.45, 2.75) is 27.4 Å². The third-order valence-corrected chi connectivity index (χ3v) is 4.48. The van der Waals surface area contributed by atoms with Gasteiger partial charge in [-0.3, -0.25) is 4.79 Å². The van der Waals surface area contributed by atoms with E-state index in [4.69, 9.17) is 18.7 Å². The summed E-state index contributed by atoms with van der Waals surface area (Å²) in [6.45, 7) is 5.88. The number of Topliss-reactive ketones (excluding diaryl/α,β-unsaturated/α-hetero) is 1. The van der Waals surface area contributed by atoms with Crippen LogP contribution in [0.3, 0.4) is 0 Å². The van der Waals surface area contributed by atoms with E-state index in [1.807, 2.05) is 13.8 Å². The monoisotopic (exact) mass is 409 g/mol. The molecule has 7 nitrogen and oxygen atoms in total. The average molecular weight is 409 g/mol. The second-order valence-electron chi connectivity index (χ2n) is 6.54.